The van der Waals surface area contributed by atoms with Crippen molar-refractivity contribution < 1.29 is 19.1 Å². The van der Waals surface area contributed by atoms with E-state index in [1.54, 1.807) is 12.1 Å². The normalized spacial score (nSPS) is 25.7. The Bertz CT molecular complexity index is 1360. The number of hydrogen-bond donors (Lipinski definition) is 1. The molecule has 10 heteroatoms. The molecule has 0 spiro atoms. The molecule has 0 aliphatic carbocycles. The summed E-state index contributed by atoms with van der Waals surface area (Å²) in [7, 11) is 1.99. The van der Waals surface area contributed by atoms with Crippen molar-refractivity contribution in [2.75, 3.05) is 11.9 Å². The van der Waals surface area contributed by atoms with Gasteiger partial charge in [-0.3, -0.25) is 9.36 Å². The standard InChI is InChI=1S/C27H31F2N5O3/c1-26-8-4-9-27(2,34(26)37)15-18(14-26)32(3)24-6-5-22(30-31-24)20-12-21(29)19(13-23(20)35)17-7-10-33(16-28)25(36)11-17/h5-7,10-13,18,35,37H,4,8-9,14-16H2,1-3H3/p+1/t18?,26-,27+. The Hall–Kier alpha value is -3.37. The number of halogens is 2. The molecule has 0 amide bonds. The van der Waals surface area contributed by atoms with Crippen LogP contribution in [0.1, 0.15) is 46.0 Å². The van der Waals surface area contributed by atoms with Crippen molar-refractivity contribution in [1.82, 2.24) is 19.8 Å². The SMILES string of the molecule is CN(c1ccc(-c2cc(F)c(-c3ccn(CF)c(=O)c3)cc2O)nn1)C1C[C@]2(C)CCC[C@](C)(C1)N2[OH2+]. The molecular formula is C27H32F2N5O3+. The number of piperidine rings is 2. The van der Waals surface area contributed by atoms with Crippen LogP contribution < -0.4 is 10.5 Å². The predicted octanol–water partition coefficient (Wildman–Crippen LogP) is 3.99. The highest BCUT2D eigenvalue weighted by molar-refractivity contribution is 5.74. The number of hydroxylamine groups is 2. The first-order valence-electron chi connectivity index (χ1n) is 12.4. The summed E-state index contributed by atoms with van der Waals surface area (Å²) in [6.45, 7) is 3.36. The molecule has 1 aromatic carbocycles. The van der Waals surface area contributed by atoms with Crippen LogP contribution in [0.4, 0.5) is 14.6 Å². The zero-order valence-corrected chi connectivity index (χ0v) is 21.2. The number of aromatic hydroxyl groups is 1. The lowest BCUT2D eigenvalue weighted by Crippen LogP contribution is -2.67. The minimum Gasteiger partial charge on any atom is -0.507 e. The summed E-state index contributed by atoms with van der Waals surface area (Å²) in [4.78, 5) is 14.0. The number of aromatic nitrogens is 3. The molecule has 8 nitrogen and oxygen atoms in total. The van der Waals surface area contributed by atoms with Crippen molar-refractivity contribution in [1.29, 1.82) is 0 Å². The van der Waals surface area contributed by atoms with E-state index in [2.05, 4.69) is 28.9 Å². The number of alkyl halides is 1. The number of rotatable bonds is 5. The lowest BCUT2D eigenvalue weighted by atomic mass is 9.68. The van der Waals surface area contributed by atoms with Gasteiger partial charge in [0, 0.05) is 36.5 Å². The van der Waals surface area contributed by atoms with E-state index < -0.39 is 18.2 Å². The van der Waals surface area contributed by atoms with Gasteiger partial charge < -0.3 is 15.2 Å². The van der Waals surface area contributed by atoms with Crippen LogP contribution in [-0.4, -0.2) is 54.3 Å². The first kappa shape index (κ1) is 25.3. The molecule has 1 unspecified atom stereocenters. The number of fused-ring (bicyclic) bond motifs is 2. The van der Waals surface area contributed by atoms with E-state index in [4.69, 9.17) is 5.21 Å². The number of anilines is 1. The Morgan fingerprint density at radius 1 is 1.11 bits per heavy atom. The quantitative estimate of drug-likeness (QED) is 0.520. The van der Waals surface area contributed by atoms with Crippen LogP contribution in [0.3, 0.4) is 0 Å². The third-order valence-corrected chi connectivity index (χ3v) is 8.22. The molecule has 3 N–H and O–H groups in total. The van der Waals surface area contributed by atoms with Crippen molar-refractivity contribution in [3.8, 4) is 28.1 Å². The van der Waals surface area contributed by atoms with E-state index in [1.807, 2.05) is 12.1 Å². The molecule has 5 rings (SSSR count). The van der Waals surface area contributed by atoms with Gasteiger partial charge in [0.05, 0.1) is 16.8 Å². The van der Waals surface area contributed by atoms with Crippen LogP contribution in [0.25, 0.3) is 22.4 Å². The third-order valence-electron chi connectivity index (χ3n) is 8.22. The van der Waals surface area contributed by atoms with Gasteiger partial charge in [-0.15, -0.1) is 10.2 Å². The fraction of sp³-hybridized carbons (Fsp3) is 0.444. The fourth-order valence-corrected chi connectivity index (χ4v) is 6.08. The molecule has 2 aromatic heterocycles. The zero-order chi connectivity index (χ0) is 26.5. The lowest BCUT2D eigenvalue weighted by Gasteiger charge is -2.55. The Labute approximate surface area is 213 Å². The van der Waals surface area contributed by atoms with E-state index >= 15 is 4.39 Å². The van der Waals surface area contributed by atoms with Crippen LogP contribution in [0.15, 0.2) is 47.4 Å². The molecule has 2 aliphatic heterocycles. The molecule has 2 bridgehead atoms. The summed E-state index contributed by atoms with van der Waals surface area (Å²) in [5, 5.41) is 29.8. The van der Waals surface area contributed by atoms with Crippen molar-refractivity contribution in [3.05, 3.63) is 58.8 Å². The molecule has 196 valence electrons. The molecule has 2 aliphatic rings. The van der Waals surface area contributed by atoms with Gasteiger partial charge >= 0.3 is 0 Å². The minimum atomic E-state index is -0.975. The predicted molar refractivity (Wildman–Crippen MR) is 137 cm³/mol. The molecule has 4 heterocycles. The summed E-state index contributed by atoms with van der Waals surface area (Å²) in [5.74, 6) is -0.191. The second-order valence-corrected chi connectivity index (χ2v) is 10.8. The third kappa shape index (κ3) is 4.38. The van der Waals surface area contributed by atoms with Crippen molar-refractivity contribution in [2.24, 2.45) is 0 Å². The number of hydrogen-bond acceptors (Lipinski definition) is 6. The highest BCUT2D eigenvalue weighted by atomic mass is 19.1. The highest BCUT2D eigenvalue weighted by Gasteiger charge is 2.56. The van der Waals surface area contributed by atoms with Gasteiger partial charge in [-0.05, 0) is 81.8 Å². The van der Waals surface area contributed by atoms with Crippen molar-refractivity contribution >= 4 is 5.82 Å². The van der Waals surface area contributed by atoms with Gasteiger partial charge in [0.15, 0.2) is 12.6 Å². The van der Waals surface area contributed by atoms with E-state index in [1.165, 1.54) is 18.3 Å². The smallest absolute Gasteiger partial charge is 0.253 e. The molecule has 3 atom stereocenters. The molecule has 2 saturated heterocycles. The van der Waals surface area contributed by atoms with E-state index in [0.29, 0.717) is 11.5 Å². The Morgan fingerprint density at radius 3 is 2.41 bits per heavy atom. The molecule has 0 radical (unpaired) electrons. The van der Waals surface area contributed by atoms with E-state index in [9.17, 15) is 14.3 Å². The number of benzene rings is 1. The van der Waals surface area contributed by atoms with Crippen LogP contribution in [0.5, 0.6) is 5.75 Å². The van der Waals surface area contributed by atoms with Gasteiger partial charge in [-0.2, -0.15) is 0 Å². The number of phenolic OH excluding ortho intramolecular Hbond substituents is 1. The Kier molecular flexibility index (Phi) is 6.27. The molecule has 2 fully saturated rings. The van der Waals surface area contributed by atoms with E-state index in [0.717, 1.165) is 48.8 Å². The number of phenols is 1. The maximum Gasteiger partial charge on any atom is 0.253 e. The van der Waals surface area contributed by atoms with Gasteiger partial charge in [0.25, 0.3) is 5.56 Å². The zero-order valence-electron chi connectivity index (χ0n) is 21.2. The first-order chi connectivity index (χ1) is 17.5. The largest absolute Gasteiger partial charge is 0.507 e. The van der Waals surface area contributed by atoms with E-state index in [-0.39, 0.29) is 39.6 Å². The van der Waals surface area contributed by atoms with Crippen LogP contribution in [-0.2, 0) is 6.80 Å². The van der Waals surface area contributed by atoms with Gasteiger partial charge in [0.1, 0.15) is 11.6 Å². The first-order valence-corrected chi connectivity index (χ1v) is 12.4. The topological polar surface area (TPSA) is 97.4 Å². The number of nitrogens with zero attached hydrogens (tertiary/aromatic N) is 5. The summed E-state index contributed by atoms with van der Waals surface area (Å²) in [5.41, 5.74) is -0.207. The summed E-state index contributed by atoms with van der Waals surface area (Å²) in [6, 6.07) is 8.64. The van der Waals surface area contributed by atoms with Crippen molar-refractivity contribution in [2.45, 2.75) is 69.9 Å². The summed E-state index contributed by atoms with van der Waals surface area (Å²) >= 11 is 0. The molecular weight excluding hydrogens is 480 g/mol. The van der Waals surface area contributed by atoms with Crippen LogP contribution in [0, 0.1) is 5.82 Å². The number of pyridine rings is 1. The second-order valence-electron chi connectivity index (χ2n) is 10.8. The summed E-state index contributed by atoms with van der Waals surface area (Å²) in [6.07, 6.45) is 6.08. The lowest BCUT2D eigenvalue weighted by molar-refractivity contribution is -0.273. The highest BCUT2D eigenvalue weighted by Crippen LogP contribution is 2.48. The maximum atomic E-state index is 15.0. The second kappa shape index (κ2) is 9.18. The average molecular weight is 513 g/mol. The Morgan fingerprint density at radius 2 is 1.81 bits per heavy atom. The molecule has 3 aromatic rings. The summed E-state index contributed by atoms with van der Waals surface area (Å²) < 4.78 is 28.7. The fourth-order valence-electron chi connectivity index (χ4n) is 6.08. The molecule has 0 saturated carbocycles. The van der Waals surface area contributed by atoms with Crippen molar-refractivity contribution in [3.63, 3.8) is 0 Å². The van der Waals surface area contributed by atoms with Gasteiger partial charge in [0.2, 0.25) is 0 Å². The average Bonchev–Trinajstić information content (AvgIpc) is 2.87. The van der Waals surface area contributed by atoms with Gasteiger partial charge in [-0.1, -0.05) is 5.06 Å². The minimum absolute atomic E-state index is 0.0296. The van der Waals surface area contributed by atoms with Crippen LogP contribution in [0.2, 0.25) is 0 Å². The van der Waals surface area contributed by atoms with Crippen LogP contribution >= 0.6 is 0 Å². The van der Waals surface area contributed by atoms with Gasteiger partial charge in [-0.25, -0.2) is 8.78 Å². The monoisotopic (exact) mass is 512 g/mol. The maximum absolute atomic E-state index is 15.0. The molecule has 37 heavy (non-hydrogen) atoms. The Balaban J connectivity index is 1.39.